The van der Waals surface area contributed by atoms with E-state index in [2.05, 4.69) is 10.1 Å². The van der Waals surface area contributed by atoms with Gasteiger partial charge in [-0.3, -0.25) is 4.79 Å². The molecule has 0 heterocycles. The fourth-order valence-corrected chi connectivity index (χ4v) is 1.45. The molecule has 0 aliphatic rings. The van der Waals surface area contributed by atoms with E-state index in [1.807, 2.05) is 6.92 Å². The van der Waals surface area contributed by atoms with Gasteiger partial charge in [0.25, 0.3) is 0 Å². The number of nitrogens with one attached hydrogen (secondary N) is 1. The molecule has 2 N–H and O–H groups in total. The third-order valence-electron chi connectivity index (χ3n) is 2.21. The number of carbonyl (C=O) groups is 2. The van der Waals surface area contributed by atoms with Gasteiger partial charge in [0.1, 0.15) is 13.2 Å². The SMILES string of the molecule is CCOc1cc(NC(=O)COCC(=O)O)ccc1OC. The molecule has 1 aromatic rings. The van der Waals surface area contributed by atoms with Gasteiger partial charge in [-0.15, -0.1) is 0 Å². The summed E-state index contributed by atoms with van der Waals surface area (Å²) in [6.45, 7) is 1.46. The molecule has 0 fully saturated rings. The minimum absolute atomic E-state index is 0.331. The molecule has 0 unspecified atom stereocenters. The smallest absolute Gasteiger partial charge is 0.329 e. The third kappa shape index (κ3) is 5.15. The molecule has 1 amide bonds. The molecule has 7 heteroatoms. The summed E-state index contributed by atoms with van der Waals surface area (Å²) in [5.41, 5.74) is 0.512. The second kappa shape index (κ2) is 8.00. The fraction of sp³-hybridized carbons (Fsp3) is 0.385. The minimum atomic E-state index is -1.12. The molecule has 7 nitrogen and oxygen atoms in total. The molecule has 1 rings (SSSR count). The first-order valence-electron chi connectivity index (χ1n) is 5.97. The molecular weight excluding hydrogens is 266 g/mol. The first-order chi connectivity index (χ1) is 9.56. The van der Waals surface area contributed by atoms with Crippen LogP contribution in [-0.4, -0.2) is 43.9 Å². The Morgan fingerprint density at radius 2 is 2.00 bits per heavy atom. The molecule has 0 aliphatic carbocycles. The van der Waals surface area contributed by atoms with Gasteiger partial charge in [-0.05, 0) is 19.1 Å². The molecule has 110 valence electrons. The first-order valence-corrected chi connectivity index (χ1v) is 5.97. The fourth-order valence-electron chi connectivity index (χ4n) is 1.45. The van der Waals surface area contributed by atoms with Gasteiger partial charge >= 0.3 is 5.97 Å². The highest BCUT2D eigenvalue weighted by molar-refractivity contribution is 5.92. The van der Waals surface area contributed by atoms with E-state index in [0.717, 1.165) is 0 Å². The van der Waals surface area contributed by atoms with Crippen molar-refractivity contribution in [1.82, 2.24) is 0 Å². The van der Waals surface area contributed by atoms with E-state index in [-0.39, 0.29) is 6.61 Å². The number of benzene rings is 1. The zero-order valence-electron chi connectivity index (χ0n) is 11.3. The minimum Gasteiger partial charge on any atom is -0.493 e. The third-order valence-corrected chi connectivity index (χ3v) is 2.21. The van der Waals surface area contributed by atoms with Gasteiger partial charge in [0, 0.05) is 11.8 Å². The molecular formula is C13H17NO6. The van der Waals surface area contributed by atoms with Crippen molar-refractivity contribution < 1.29 is 28.9 Å². The van der Waals surface area contributed by atoms with Crippen molar-refractivity contribution >= 4 is 17.6 Å². The Morgan fingerprint density at radius 1 is 1.25 bits per heavy atom. The standard InChI is InChI=1S/C13H17NO6/c1-3-20-11-6-9(4-5-10(11)18-2)14-12(15)7-19-8-13(16)17/h4-6H,3,7-8H2,1-2H3,(H,14,15)(H,16,17). The summed E-state index contributed by atoms with van der Waals surface area (Å²) in [7, 11) is 1.52. The van der Waals surface area contributed by atoms with E-state index < -0.39 is 18.5 Å². The Kier molecular flexibility index (Phi) is 6.31. The summed E-state index contributed by atoms with van der Waals surface area (Å²) in [6, 6.07) is 4.94. The summed E-state index contributed by atoms with van der Waals surface area (Å²) in [4.78, 5) is 21.8. The van der Waals surface area contributed by atoms with Gasteiger partial charge in [-0.2, -0.15) is 0 Å². The van der Waals surface area contributed by atoms with Crippen molar-refractivity contribution in [2.45, 2.75) is 6.92 Å². The normalized spacial score (nSPS) is 9.90. The van der Waals surface area contributed by atoms with Crippen molar-refractivity contribution in [1.29, 1.82) is 0 Å². The van der Waals surface area contributed by atoms with Gasteiger partial charge < -0.3 is 24.6 Å². The maximum atomic E-state index is 11.5. The van der Waals surface area contributed by atoms with Crippen LogP contribution in [0.4, 0.5) is 5.69 Å². The monoisotopic (exact) mass is 283 g/mol. The van der Waals surface area contributed by atoms with Crippen molar-refractivity contribution in [3.05, 3.63) is 18.2 Å². The van der Waals surface area contributed by atoms with Crippen LogP contribution in [-0.2, 0) is 14.3 Å². The maximum absolute atomic E-state index is 11.5. The molecule has 0 aromatic heterocycles. The van der Waals surface area contributed by atoms with Gasteiger partial charge in [-0.1, -0.05) is 0 Å². The number of carbonyl (C=O) groups excluding carboxylic acids is 1. The van der Waals surface area contributed by atoms with Gasteiger partial charge in [0.15, 0.2) is 11.5 Å². The number of amides is 1. The number of anilines is 1. The van der Waals surface area contributed by atoms with E-state index in [4.69, 9.17) is 14.6 Å². The van der Waals surface area contributed by atoms with E-state index in [0.29, 0.717) is 23.8 Å². The second-order valence-electron chi connectivity index (χ2n) is 3.73. The summed E-state index contributed by atoms with van der Waals surface area (Å²) >= 11 is 0. The largest absolute Gasteiger partial charge is 0.493 e. The number of carboxylic acid groups (broad SMARTS) is 1. The molecule has 0 radical (unpaired) electrons. The van der Waals surface area contributed by atoms with Crippen molar-refractivity contribution in [2.75, 3.05) is 32.2 Å². The average Bonchev–Trinajstić information content (AvgIpc) is 2.39. The highest BCUT2D eigenvalue weighted by atomic mass is 16.5. The lowest BCUT2D eigenvalue weighted by Gasteiger charge is -2.11. The predicted molar refractivity (Wildman–Crippen MR) is 71.2 cm³/mol. The molecule has 0 aliphatic heterocycles. The van der Waals surface area contributed by atoms with Crippen LogP contribution in [0.25, 0.3) is 0 Å². The topological polar surface area (TPSA) is 94.1 Å². The van der Waals surface area contributed by atoms with Gasteiger partial charge in [-0.25, -0.2) is 4.79 Å². The maximum Gasteiger partial charge on any atom is 0.329 e. The summed E-state index contributed by atoms with van der Waals surface area (Å²) < 4.78 is 15.2. The number of methoxy groups -OCH3 is 1. The zero-order valence-corrected chi connectivity index (χ0v) is 11.3. The van der Waals surface area contributed by atoms with Crippen LogP contribution >= 0.6 is 0 Å². The lowest BCUT2D eigenvalue weighted by molar-refractivity contribution is -0.143. The van der Waals surface area contributed by atoms with Crippen LogP contribution in [0.3, 0.4) is 0 Å². The van der Waals surface area contributed by atoms with Crippen LogP contribution in [0.2, 0.25) is 0 Å². The number of carboxylic acids is 1. The van der Waals surface area contributed by atoms with Crippen molar-refractivity contribution in [3.63, 3.8) is 0 Å². The number of aliphatic carboxylic acids is 1. The number of hydrogen-bond donors (Lipinski definition) is 2. The Labute approximate surface area is 116 Å². The number of rotatable bonds is 8. The predicted octanol–water partition coefficient (Wildman–Crippen LogP) is 1.13. The number of hydrogen-bond acceptors (Lipinski definition) is 5. The summed E-state index contributed by atoms with van der Waals surface area (Å²) in [6.07, 6.45) is 0. The number of ether oxygens (including phenoxy) is 3. The Balaban J connectivity index is 2.60. The first kappa shape index (κ1) is 15.8. The van der Waals surface area contributed by atoms with Crippen LogP contribution in [0.1, 0.15) is 6.92 Å². The second-order valence-corrected chi connectivity index (χ2v) is 3.73. The van der Waals surface area contributed by atoms with E-state index in [9.17, 15) is 9.59 Å². The van der Waals surface area contributed by atoms with Crippen LogP contribution in [0.15, 0.2) is 18.2 Å². The zero-order chi connectivity index (χ0) is 15.0. The summed E-state index contributed by atoms with van der Waals surface area (Å²) in [5.74, 6) is -0.494. The molecule has 0 saturated heterocycles. The average molecular weight is 283 g/mol. The molecule has 0 saturated carbocycles. The van der Waals surface area contributed by atoms with E-state index in [1.165, 1.54) is 7.11 Å². The van der Waals surface area contributed by atoms with Crippen molar-refractivity contribution in [2.24, 2.45) is 0 Å². The molecule has 20 heavy (non-hydrogen) atoms. The molecule has 0 atom stereocenters. The lowest BCUT2D eigenvalue weighted by Crippen LogP contribution is -2.20. The van der Waals surface area contributed by atoms with Crippen LogP contribution in [0.5, 0.6) is 11.5 Å². The van der Waals surface area contributed by atoms with Gasteiger partial charge in [0.2, 0.25) is 5.91 Å². The molecule has 0 bridgehead atoms. The molecule has 1 aromatic carbocycles. The highest BCUT2D eigenvalue weighted by Gasteiger charge is 2.08. The highest BCUT2D eigenvalue weighted by Crippen LogP contribution is 2.30. The Hall–Kier alpha value is -2.28. The molecule has 0 spiro atoms. The Morgan fingerprint density at radius 3 is 2.60 bits per heavy atom. The van der Waals surface area contributed by atoms with Gasteiger partial charge in [0.05, 0.1) is 13.7 Å². The van der Waals surface area contributed by atoms with Crippen LogP contribution < -0.4 is 14.8 Å². The van der Waals surface area contributed by atoms with Crippen LogP contribution in [0, 0.1) is 0 Å². The van der Waals surface area contributed by atoms with E-state index >= 15 is 0 Å². The van der Waals surface area contributed by atoms with E-state index in [1.54, 1.807) is 18.2 Å². The Bertz CT molecular complexity index is 474. The quantitative estimate of drug-likeness (QED) is 0.743. The van der Waals surface area contributed by atoms with Crippen molar-refractivity contribution in [3.8, 4) is 11.5 Å². The lowest BCUT2D eigenvalue weighted by atomic mass is 10.2. The summed E-state index contributed by atoms with van der Waals surface area (Å²) in [5, 5.41) is 11.0.